The van der Waals surface area contributed by atoms with Crippen molar-refractivity contribution < 1.29 is 56.7 Å². The van der Waals surface area contributed by atoms with E-state index < -0.39 is 77.5 Å². The number of nitrogens with zero attached hydrogens (tertiary/aromatic N) is 4. The van der Waals surface area contributed by atoms with Gasteiger partial charge in [-0.15, -0.1) is 10.2 Å². The van der Waals surface area contributed by atoms with Crippen LogP contribution >= 0.6 is 0 Å². The molecule has 0 aliphatic heterocycles. The molecule has 6 aromatic rings. The van der Waals surface area contributed by atoms with Gasteiger partial charge in [-0.3, -0.25) is 18.2 Å². The summed E-state index contributed by atoms with van der Waals surface area (Å²) < 4.78 is 135. The Morgan fingerprint density at radius 1 is 0.448 bits per heavy atom. The maximum Gasteiger partial charge on any atom is 0.323 e. The monoisotopic (exact) mass is 870 g/mol. The number of hydrogen-bond acceptors (Lipinski definition) is 15. The van der Waals surface area contributed by atoms with Crippen molar-refractivity contribution in [3.63, 3.8) is 0 Å². The molecule has 0 aromatic heterocycles. The Morgan fingerprint density at radius 2 is 0.776 bits per heavy atom. The Balaban J connectivity index is 1.14. The number of anilines is 4. The molecule has 0 spiro atoms. The number of nitrogens with one attached hydrogen (secondary N) is 2. The lowest BCUT2D eigenvalue weighted by molar-refractivity contribution is 0.262. The largest absolute Gasteiger partial charge is 0.398 e. The van der Waals surface area contributed by atoms with Gasteiger partial charge in [0.25, 0.3) is 40.5 Å². The third-order valence-corrected chi connectivity index (χ3v) is 12.1. The number of fused-ring (bicyclic) bond motifs is 2. The molecule has 2 amide bonds. The van der Waals surface area contributed by atoms with Crippen molar-refractivity contribution in [2.75, 3.05) is 22.1 Å². The summed E-state index contributed by atoms with van der Waals surface area (Å²) in [5.74, 6) is 0. The second kappa shape index (κ2) is 15.1. The van der Waals surface area contributed by atoms with Crippen LogP contribution in [0.2, 0.25) is 0 Å². The molecule has 58 heavy (non-hydrogen) atoms. The number of nitrogens with two attached hydrogens (primary N) is 2. The van der Waals surface area contributed by atoms with E-state index in [4.69, 9.17) is 11.5 Å². The summed E-state index contributed by atoms with van der Waals surface area (Å²) in [6.45, 7) is 0. The van der Waals surface area contributed by atoms with Gasteiger partial charge >= 0.3 is 6.03 Å². The molecule has 0 bridgehead atoms. The van der Waals surface area contributed by atoms with E-state index in [-0.39, 0.29) is 44.3 Å². The van der Waals surface area contributed by atoms with Crippen molar-refractivity contribution in [1.82, 2.24) is 0 Å². The molecule has 6 aromatic carbocycles. The molecule has 0 heterocycles. The van der Waals surface area contributed by atoms with Crippen molar-refractivity contribution in [1.29, 1.82) is 0 Å². The van der Waals surface area contributed by atoms with Gasteiger partial charge in [-0.25, -0.2) is 4.79 Å². The topological polar surface area (TPSA) is 360 Å². The molecule has 0 atom stereocenters. The molecule has 10 N–H and O–H groups in total. The lowest BCUT2D eigenvalue weighted by atomic mass is 10.1. The number of hydrogen-bond donors (Lipinski definition) is 8. The third-order valence-electron chi connectivity index (χ3n) is 8.02. The molecule has 0 saturated carbocycles. The van der Waals surface area contributed by atoms with Crippen LogP contribution in [0.15, 0.2) is 137 Å². The van der Waals surface area contributed by atoms with Gasteiger partial charge < -0.3 is 22.1 Å². The molecule has 25 heteroatoms. The minimum absolute atomic E-state index is 0.00118. The standard InChI is InChI=1S/C33H26N8O13S4/c34-25-15-23-21(29(55(43,44)45)31(25)57(49,50)51)3-1-5-27(23)40-38-19-11-7-17(8-12-19)36-33(42)37-18-9-13-20(14-10-18)39-41-28-6-2-4-22-24(28)16-26(35)32(58(52,53)54)30(22)56(46,47)48/h1-16H,34-35H2,(H2,36,37,42)(H,43,44,45)(H,46,47,48)(H,49,50,51)(H,52,53,54). The van der Waals surface area contributed by atoms with E-state index in [1.807, 2.05) is 0 Å². The number of urea groups is 1. The fraction of sp³-hybridized carbons (Fsp3) is 0. The zero-order valence-corrected chi connectivity index (χ0v) is 32.0. The molecule has 0 fully saturated rings. The highest BCUT2D eigenvalue weighted by Crippen LogP contribution is 2.40. The Hall–Kier alpha value is -6.45. The summed E-state index contributed by atoms with van der Waals surface area (Å²) in [6, 6.07) is 21.3. The van der Waals surface area contributed by atoms with Crippen molar-refractivity contribution >= 4 is 114 Å². The van der Waals surface area contributed by atoms with Crippen LogP contribution < -0.4 is 22.1 Å². The minimum Gasteiger partial charge on any atom is -0.398 e. The van der Waals surface area contributed by atoms with E-state index >= 15 is 0 Å². The van der Waals surface area contributed by atoms with Gasteiger partial charge in [0, 0.05) is 32.9 Å². The van der Waals surface area contributed by atoms with Gasteiger partial charge in [-0.1, -0.05) is 24.3 Å². The van der Waals surface area contributed by atoms with E-state index in [1.165, 1.54) is 84.9 Å². The molecule has 0 radical (unpaired) electrons. The molecule has 21 nitrogen and oxygen atoms in total. The third kappa shape index (κ3) is 8.75. The number of rotatable bonds is 10. The Morgan fingerprint density at radius 3 is 1.09 bits per heavy atom. The smallest absolute Gasteiger partial charge is 0.323 e. The Kier molecular flexibility index (Phi) is 10.8. The SMILES string of the molecule is Nc1cc2c(N=Nc3ccc(NC(=O)Nc4ccc(N=Nc5cccc6c(S(=O)(=O)O)c(S(=O)(=O)O)c(N)cc56)cc4)cc3)cccc2c(S(=O)(=O)O)c1S(=O)(=O)O. The van der Waals surface area contributed by atoms with Crippen molar-refractivity contribution in [2.24, 2.45) is 20.5 Å². The first-order chi connectivity index (χ1) is 27.0. The van der Waals surface area contributed by atoms with Crippen LogP contribution in [-0.2, 0) is 40.5 Å². The highest BCUT2D eigenvalue weighted by Gasteiger charge is 2.31. The van der Waals surface area contributed by atoms with Gasteiger partial charge in [-0.05, 0) is 72.8 Å². The number of nitrogen functional groups attached to an aromatic ring is 2. The first-order valence-electron chi connectivity index (χ1n) is 15.7. The highest BCUT2D eigenvalue weighted by atomic mass is 32.2. The number of carbonyl (C=O) groups excluding carboxylic acids is 1. The van der Waals surface area contributed by atoms with Gasteiger partial charge in [0.2, 0.25) is 0 Å². The number of benzene rings is 6. The normalized spacial score (nSPS) is 12.8. The van der Waals surface area contributed by atoms with Crippen LogP contribution in [0, 0.1) is 0 Å². The molecule has 0 aliphatic rings. The van der Waals surface area contributed by atoms with Crippen LogP contribution in [0.5, 0.6) is 0 Å². The molecule has 0 aliphatic carbocycles. The molecular weight excluding hydrogens is 845 g/mol. The lowest BCUT2D eigenvalue weighted by Crippen LogP contribution is -2.19. The van der Waals surface area contributed by atoms with Gasteiger partial charge in [0.1, 0.15) is 19.6 Å². The maximum absolute atomic E-state index is 12.7. The average Bonchev–Trinajstić information content (AvgIpc) is 3.11. The van der Waals surface area contributed by atoms with E-state index in [2.05, 4.69) is 31.1 Å². The van der Waals surface area contributed by atoms with Crippen LogP contribution in [0.25, 0.3) is 21.5 Å². The van der Waals surface area contributed by atoms with Crippen LogP contribution in [-0.4, -0.2) is 57.9 Å². The van der Waals surface area contributed by atoms with E-state index in [1.54, 1.807) is 0 Å². The fourth-order valence-corrected chi connectivity index (χ4v) is 9.99. The summed E-state index contributed by atoms with van der Waals surface area (Å²) in [6.07, 6.45) is 0. The number of amides is 2. The predicted octanol–water partition coefficient (Wildman–Crippen LogP) is 6.62. The second-order valence-electron chi connectivity index (χ2n) is 12.0. The quantitative estimate of drug-likeness (QED) is 0.0407. The zero-order valence-electron chi connectivity index (χ0n) is 28.8. The van der Waals surface area contributed by atoms with Gasteiger partial charge in [-0.2, -0.15) is 43.9 Å². The van der Waals surface area contributed by atoms with Crippen LogP contribution in [0.1, 0.15) is 0 Å². The number of azo groups is 2. The molecule has 300 valence electrons. The number of carbonyl (C=O) groups is 1. The fourth-order valence-electron chi connectivity index (χ4n) is 5.71. The summed E-state index contributed by atoms with van der Waals surface area (Å²) in [5, 5.41) is 21.0. The van der Waals surface area contributed by atoms with Gasteiger partial charge in [0.05, 0.1) is 34.1 Å². The van der Waals surface area contributed by atoms with E-state index in [9.17, 15) is 56.7 Å². The van der Waals surface area contributed by atoms with Crippen molar-refractivity contribution in [3.05, 3.63) is 97.1 Å². The van der Waals surface area contributed by atoms with Crippen molar-refractivity contribution in [2.45, 2.75) is 19.6 Å². The lowest BCUT2D eigenvalue weighted by Gasteiger charge is -2.12. The molecular formula is C33H26N8O13S4. The Bertz CT molecular complexity index is 2980. The Labute approximate surface area is 328 Å². The average molecular weight is 871 g/mol. The molecule has 6 rings (SSSR count). The summed E-state index contributed by atoms with van der Waals surface area (Å²) >= 11 is 0. The van der Waals surface area contributed by atoms with E-state index in [0.29, 0.717) is 11.4 Å². The highest BCUT2D eigenvalue weighted by molar-refractivity contribution is 7.89. The van der Waals surface area contributed by atoms with Crippen molar-refractivity contribution in [3.8, 4) is 0 Å². The second-order valence-corrected chi connectivity index (χ2v) is 17.4. The predicted molar refractivity (Wildman–Crippen MR) is 210 cm³/mol. The maximum atomic E-state index is 12.7. The molecule has 0 saturated heterocycles. The first-order valence-corrected chi connectivity index (χ1v) is 21.5. The first kappa shape index (κ1) is 41.2. The molecule has 0 unspecified atom stereocenters. The van der Waals surface area contributed by atoms with Crippen LogP contribution in [0.3, 0.4) is 0 Å². The van der Waals surface area contributed by atoms with E-state index in [0.717, 1.165) is 12.1 Å². The van der Waals surface area contributed by atoms with Gasteiger partial charge in [0.15, 0.2) is 0 Å². The summed E-state index contributed by atoms with van der Waals surface area (Å²) in [5.41, 5.74) is 11.5. The minimum atomic E-state index is -5.20. The zero-order chi connectivity index (χ0) is 42.4. The summed E-state index contributed by atoms with van der Waals surface area (Å²) in [4.78, 5) is 8.09. The summed E-state index contributed by atoms with van der Waals surface area (Å²) in [7, 11) is -20.7. The van der Waals surface area contributed by atoms with Crippen LogP contribution in [0.4, 0.5) is 50.3 Å².